The molecule has 112 valence electrons. The SMILES string of the molecule is CC1[CH-]CCCC1.[Cl-].[Cl-].[Cl-].[Cl-].[Cl-].[Sb+5].c1ccncc1. The topological polar surface area (TPSA) is 12.9 Å². The molecule has 7 heteroatoms. The third-order valence-corrected chi connectivity index (χ3v) is 2.25. The van der Waals surface area contributed by atoms with E-state index in [1.54, 1.807) is 12.4 Å². The van der Waals surface area contributed by atoms with E-state index < -0.39 is 0 Å². The molecule has 1 aliphatic carbocycles. The Labute approximate surface area is 166 Å². The predicted octanol–water partition coefficient (Wildman–Crippen LogP) is -11.9. The van der Waals surface area contributed by atoms with E-state index in [-0.39, 0.29) is 86.5 Å². The van der Waals surface area contributed by atoms with Gasteiger partial charge >= 0.3 is 24.4 Å². The Morgan fingerprint density at radius 1 is 0.895 bits per heavy atom. The summed E-state index contributed by atoms with van der Waals surface area (Å²) in [6.07, 6.45) is 11.6. The van der Waals surface area contributed by atoms with Crippen molar-refractivity contribution in [2.45, 2.75) is 32.6 Å². The molecule has 1 saturated carbocycles. The van der Waals surface area contributed by atoms with Crippen LogP contribution in [-0.2, 0) is 0 Å². The van der Waals surface area contributed by atoms with Crippen molar-refractivity contribution in [2.75, 3.05) is 0 Å². The monoisotopic (exact) mass is 472 g/mol. The Morgan fingerprint density at radius 2 is 1.42 bits per heavy atom. The van der Waals surface area contributed by atoms with Crippen molar-refractivity contribution < 1.29 is 62.0 Å². The van der Waals surface area contributed by atoms with Gasteiger partial charge in [0.2, 0.25) is 0 Å². The summed E-state index contributed by atoms with van der Waals surface area (Å²) in [5.74, 6) is 0.911. The van der Waals surface area contributed by atoms with Crippen molar-refractivity contribution in [3.05, 3.63) is 37.0 Å². The van der Waals surface area contributed by atoms with Gasteiger partial charge in [-0.3, -0.25) is 4.98 Å². The average molecular weight is 475 g/mol. The summed E-state index contributed by atoms with van der Waals surface area (Å²) in [7, 11) is 0. The zero-order chi connectivity index (χ0) is 9.36. The van der Waals surface area contributed by atoms with Crippen molar-refractivity contribution >= 4 is 24.4 Å². The molecular formula is C12H18Cl5NSb-. The average Bonchev–Trinajstić information content (AvgIpc) is 2.22. The van der Waals surface area contributed by atoms with Gasteiger partial charge in [-0.1, -0.05) is 32.3 Å². The molecule has 0 radical (unpaired) electrons. The molecule has 0 amide bonds. The van der Waals surface area contributed by atoms with Crippen LogP contribution in [-0.4, -0.2) is 29.4 Å². The fraction of sp³-hybridized carbons (Fsp3) is 0.500. The molecule has 1 nitrogen and oxygen atoms in total. The summed E-state index contributed by atoms with van der Waals surface area (Å²) in [4.78, 5) is 3.78. The zero-order valence-electron chi connectivity index (χ0n) is 10.7. The molecule has 1 atom stereocenters. The minimum Gasteiger partial charge on any atom is -1.00 e. The van der Waals surface area contributed by atoms with E-state index in [9.17, 15) is 0 Å². The second kappa shape index (κ2) is 27.7. The molecule has 1 aromatic heterocycles. The summed E-state index contributed by atoms with van der Waals surface area (Å²) in [5.41, 5.74) is 0. The van der Waals surface area contributed by atoms with Crippen LogP contribution in [0.5, 0.6) is 0 Å². The number of pyridine rings is 1. The molecular weight excluding hydrogens is 457 g/mol. The first kappa shape index (κ1) is 37.0. The quantitative estimate of drug-likeness (QED) is 0.269. The Bertz CT molecular complexity index is 184. The van der Waals surface area contributed by atoms with Gasteiger partial charge in [0.05, 0.1) is 0 Å². The largest absolute Gasteiger partial charge is 5.00 e. The molecule has 0 bridgehead atoms. The fourth-order valence-corrected chi connectivity index (χ4v) is 1.44. The Morgan fingerprint density at radius 3 is 1.58 bits per heavy atom. The van der Waals surface area contributed by atoms with E-state index in [2.05, 4.69) is 18.3 Å². The van der Waals surface area contributed by atoms with Gasteiger partial charge in [0.1, 0.15) is 0 Å². The van der Waals surface area contributed by atoms with Gasteiger partial charge in [0.15, 0.2) is 0 Å². The molecule has 0 aromatic carbocycles. The molecule has 1 aromatic rings. The van der Waals surface area contributed by atoms with Gasteiger partial charge in [-0.2, -0.15) is 12.3 Å². The van der Waals surface area contributed by atoms with Crippen LogP contribution < -0.4 is 62.0 Å². The third-order valence-electron chi connectivity index (χ3n) is 2.25. The third kappa shape index (κ3) is 24.8. The van der Waals surface area contributed by atoms with Crippen LogP contribution in [0.2, 0.25) is 0 Å². The summed E-state index contributed by atoms with van der Waals surface area (Å²) in [5, 5.41) is 0. The van der Waals surface area contributed by atoms with E-state index in [1.165, 1.54) is 25.7 Å². The van der Waals surface area contributed by atoms with E-state index in [0.29, 0.717) is 0 Å². The van der Waals surface area contributed by atoms with Gasteiger partial charge in [-0.05, 0) is 12.1 Å². The van der Waals surface area contributed by atoms with E-state index in [4.69, 9.17) is 0 Å². The molecule has 1 aliphatic rings. The second-order valence-electron chi connectivity index (χ2n) is 3.52. The maximum Gasteiger partial charge on any atom is 5.00 e. The van der Waals surface area contributed by atoms with Crippen LogP contribution in [0, 0.1) is 12.3 Å². The Balaban J connectivity index is -0.0000000340. The van der Waals surface area contributed by atoms with Gasteiger partial charge in [0.25, 0.3) is 0 Å². The Kier molecular flexibility index (Phi) is 54.0. The summed E-state index contributed by atoms with van der Waals surface area (Å²) in [6, 6.07) is 5.72. The predicted molar refractivity (Wildman–Crippen MR) is 61.9 cm³/mol. The normalized spacial score (nSPS) is 14.7. The first-order valence-electron chi connectivity index (χ1n) is 5.08. The fourth-order valence-electron chi connectivity index (χ4n) is 1.44. The number of hydrogen-bond acceptors (Lipinski definition) is 1. The van der Waals surface area contributed by atoms with Gasteiger partial charge in [0, 0.05) is 12.4 Å². The maximum absolute atomic E-state index is 3.78. The van der Waals surface area contributed by atoms with Gasteiger partial charge in [-0.15, -0.1) is 0 Å². The molecule has 0 saturated heterocycles. The van der Waals surface area contributed by atoms with Crippen molar-refractivity contribution in [1.29, 1.82) is 0 Å². The van der Waals surface area contributed by atoms with E-state index >= 15 is 0 Å². The summed E-state index contributed by atoms with van der Waals surface area (Å²) in [6.45, 7) is 2.30. The minimum absolute atomic E-state index is 0. The van der Waals surface area contributed by atoms with Crippen LogP contribution in [0.4, 0.5) is 0 Å². The molecule has 0 N–H and O–H groups in total. The zero-order valence-corrected chi connectivity index (χ0v) is 17.0. The molecule has 1 heterocycles. The molecule has 0 spiro atoms. The molecule has 19 heavy (non-hydrogen) atoms. The van der Waals surface area contributed by atoms with Crippen molar-refractivity contribution in [3.8, 4) is 0 Å². The van der Waals surface area contributed by atoms with Crippen molar-refractivity contribution in [2.24, 2.45) is 5.92 Å². The van der Waals surface area contributed by atoms with Gasteiger partial charge < -0.3 is 68.5 Å². The molecule has 2 rings (SSSR count). The van der Waals surface area contributed by atoms with Crippen LogP contribution >= 0.6 is 0 Å². The maximum atomic E-state index is 3.78. The first-order chi connectivity index (χ1) is 6.39. The minimum atomic E-state index is 0. The summed E-state index contributed by atoms with van der Waals surface area (Å²) < 4.78 is 0. The van der Waals surface area contributed by atoms with Crippen LogP contribution in [0.25, 0.3) is 0 Å². The number of hydrogen-bond donors (Lipinski definition) is 0. The van der Waals surface area contributed by atoms with Crippen LogP contribution in [0.1, 0.15) is 32.6 Å². The van der Waals surface area contributed by atoms with Crippen molar-refractivity contribution in [1.82, 2.24) is 4.98 Å². The van der Waals surface area contributed by atoms with Gasteiger partial charge in [-0.25, -0.2) is 0 Å². The number of halogens is 5. The van der Waals surface area contributed by atoms with Crippen molar-refractivity contribution in [3.63, 3.8) is 0 Å². The summed E-state index contributed by atoms with van der Waals surface area (Å²) >= 11 is 0. The standard InChI is InChI=1S/C7H13.C5H5N.5ClH.Sb/c1-7-5-3-2-4-6-7;1-2-4-6-5-3-1;;;;;;/h5,7H,2-4,6H2,1H3;1-5H;5*1H;/q-1;;;;;;;+5/p-5. The Hall–Kier alpha value is 1.42. The number of rotatable bonds is 0. The van der Waals surface area contributed by atoms with Crippen LogP contribution in [0.3, 0.4) is 0 Å². The second-order valence-corrected chi connectivity index (χ2v) is 3.52. The number of nitrogens with zero attached hydrogens (tertiary/aromatic N) is 1. The number of aromatic nitrogens is 1. The molecule has 1 fully saturated rings. The van der Waals surface area contributed by atoms with E-state index in [0.717, 1.165) is 5.92 Å². The smallest absolute Gasteiger partial charge is 1.00 e. The molecule has 1 unspecified atom stereocenters. The first-order valence-corrected chi connectivity index (χ1v) is 5.08. The molecule has 0 aliphatic heterocycles. The van der Waals surface area contributed by atoms with Crippen LogP contribution in [0.15, 0.2) is 30.6 Å². The van der Waals surface area contributed by atoms with E-state index in [1.807, 2.05) is 18.2 Å².